The van der Waals surface area contributed by atoms with Gasteiger partial charge in [-0.25, -0.2) is 0 Å². The van der Waals surface area contributed by atoms with E-state index in [-0.39, 0.29) is 5.91 Å². The van der Waals surface area contributed by atoms with Crippen molar-refractivity contribution in [3.63, 3.8) is 0 Å². The van der Waals surface area contributed by atoms with Gasteiger partial charge in [0.05, 0.1) is 7.11 Å². The van der Waals surface area contributed by atoms with Crippen molar-refractivity contribution in [2.45, 2.75) is 20.3 Å². The molecule has 1 heterocycles. The van der Waals surface area contributed by atoms with Crippen LogP contribution in [-0.4, -0.2) is 50.1 Å². The second-order valence-corrected chi connectivity index (χ2v) is 7.28. The number of aryl methyl sites for hydroxylation is 1. The Morgan fingerprint density at radius 2 is 1.84 bits per heavy atom. The topological polar surface area (TPSA) is 90.5 Å². The van der Waals surface area contributed by atoms with Crippen LogP contribution < -0.4 is 20.7 Å². The van der Waals surface area contributed by atoms with Crippen molar-refractivity contribution in [2.24, 2.45) is 4.99 Å². The number of aromatic amines is 1. The van der Waals surface area contributed by atoms with Gasteiger partial charge in [-0.05, 0) is 61.7 Å². The second-order valence-electron chi connectivity index (χ2n) is 7.28. The zero-order valence-corrected chi connectivity index (χ0v) is 18.4. The summed E-state index contributed by atoms with van der Waals surface area (Å²) in [7, 11) is 1.60. The number of rotatable bonds is 9. The lowest BCUT2D eigenvalue weighted by molar-refractivity contribution is 0.0954. The maximum Gasteiger partial charge on any atom is 0.251 e. The van der Waals surface area contributed by atoms with E-state index in [0.717, 1.165) is 30.2 Å². The van der Waals surface area contributed by atoms with Gasteiger partial charge in [0.1, 0.15) is 5.75 Å². The highest BCUT2D eigenvalue weighted by Crippen LogP contribution is 2.19. The number of guanidine groups is 1. The predicted octanol–water partition coefficient (Wildman–Crippen LogP) is 3.01. The van der Waals surface area contributed by atoms with Gasteiger partial charge in [-0.15, -0.1) is 0 Å². The maximum atomic E-state index is 12.2. The quantitative estimate of drug-likeness (QED) is 0.243. The lowest BCUT2D eigenvalue weighted by Crippen LogP contribution is -2.41. The minimum absolute atomic E-state index is 0.110. The highest BCUT2D eigenvalue weighted by atomic mass is 16.5. The first-order chi connectivity index (χ1) is 15.1. The third-order valence-electron chi connectivity index (χ3n) is 4.97. The minimum atomic E-state index is -0.110. The largest absolute Gasteiger partial charge is 0.497 e. The number of fused-ring (bicyclic) bond motifs is 1. The molecule has 4 N–H and O–H groups in total. The fourth-order valence-electron chi connectivity index (χ4n) is 3.34. The molecule has 0 aliphatic rings. The summed E-state index contributed by atoms with van der Waals surface area (Å²) in [5.41, 5.74) is 4.28. The number of aromatic nitrogens is 1. The number of benzene rings is 2. The Morgan fingerprint density at radius 3 is 2.58 bits per heavy atom. The fraction of sp³-hybridized carbons (Fsp3) is 0.333. The average Bonchev–Trinajstić information content (AvgIpc) is 3.18. The van der Waals surface area contributed by atoms with E-state index in [1.807, 2.05) is 6.92 Å². The van der Waals surface area contributed by atoms with Crippen molar-refractivity contribution < 1.29 is 9.53 Å². The number of carbonyl (C=O) groups is 1. The van der Waals surface area contributed by atoms with Gasteiger partial charge in [-0.1, -0.05) is 12.1 Å². The van der Waals surface area contributed by atoms with E-state index in [1.54, 1.807) is 31.4 Å². The van der Waals surface area contributed by atoms with Gasteiger partial charge in [0.25, 0.3) is 5.91 Å². The number of hydrogen-bond donors (Lipinski definition) is 4. The Kier molecular flexibility index (Phi) is 7.92. The van der Waals surface area contributed by atoms with Crippen LogP contribution in [0.4, 0.5) is 0 Å². The molecule has 0 aliphatic heterocycles. The van der Waals surface area contributed by atoms with E-state index in [9.17, 15) is 4.79 Å². The lowest BCUT2D eigenvalue weighted by Gasteiger charge is -2.12. The molecule has 1 amide bonds. The van der Waals surface area contributed by atoms with Crippen LogP contribution in [0.5, 0.6) is 5.75 Å². The van der Waals surface area contributed by atoms with E-state index in [1.165, 1.54) is 16.5 Å². The van der Waals surface area contributed by atoms with Crippen LogP contribution in [0.15, 0.2) is 53.7 Å². The molecule has 0 spiro atoms. The third-order valence-corrected chi connectivity index (χ3v) is 4.97. The van der Waals surface area contributed by atoms with Crippen molar-refractivity contribution in [3.05, 3.63) is 65.4 Å². The van der Waals surface area contributed by atoms with Crippen molar-refractivity contribution in [3.8, 4) is 5.75 Å². The summed E-state index contributed by atoms with van der Waals surface area (Å²) in [6.07, 6.45) is 2.92. The van der Waals surface area contributed by atoms with Gasteiger partial charge >= 0.3 is 0 Å². The summed E-state index contributed by atoms with van der Waals surface area (Å²) in [5.74, 6) is 1.37. The smallest absolute Gasteiger partial charge is 0.251 e. The summed E-state index contributed by atoms with van der Waals surface area (Å²) < 4.78 is 5.11. The summed E-state index contributed by atoms with van der Waals surface area (Å²) in [6.45, 7) is 6.66. The molecule has 3 rings (SSSR count). The lowest BCUT2D eigenvalue weighted by atomic mass is 10.1. The Hall–Kier alpha value is -3.48. The van der Waals surface area contributed by atoms with Gasteiger partial charge in [0.15, 0.2) is 5.96 Å². The summed E-state index contributed by atoms with van der Waals surface area (Å²) in [5, 5.41) is 10.7. The number of ether oxygens (including phenoxy) is 1. The van der Waals surface area contributed by atoms with E-state index in [2.05, 4.69) is 57.2 Å². The predicted molar refractivity (Wildman–Crippen MR) is 126 cm³/mol. The van der Waals surface area contributed by atoms with Crippen molar-refractivity contribution in [1.29, 1.82) is 0 Å². The van der Waals surface area contributed by atoms with Gasteiger partial charge in [0, 0.05) is 48.8 Å². The standard InChI is InChI=1S/C24H31N5O2/c1-4-25-24(27-12-11-19-16-29-22-15-17(2)5-10-21(19)22)28-14-13-26-23(30)18-6-8-20(31-3)9-7-18/h5-10,15-16,29H,4,11-14H2,1-3H3,(H,26,30)(H2,25,27,28). The van der Waals surface area contributed by atoms with Gasteiger partial charge in [0.2, 0.25) is 0 Å². The molecular weight excluding hydrogens is 390 g/mol. The van der Waals surface area contributed by atoms with Gasteiger partial charge in [-0.3, -0.25) is 9.79 Å². The molecule has 7 heteroatoms. The molecule has 164 valence electrons. The third kappa shape index (κ3) is 6.25. The van der Waals surface area contributed by atoms with Crippen LogP contribution in [0, 0.1) is 6.92 Å². The first-order valence-corrected chi connectivity index (χ1v) is 10.6. The Labute approximate surface area is 183 Å². The van der Waals surface area contributed by atoms with E-state index >= 15 is 0 Å². The van der Waals surface area contributed by atoms with E-state index in [4.69, 9.17) is 4.74 Å². The molecule has 0 unspecified atom stereocenters. The second kappa shape index (κ2) is 11.1. The van der Waals surface area contributed by atoms with Crippen LogP contribution in [0.2, 0.25) is 0 Å². The zero-order chi connectivity index (χ0) is 22.1. The normalized spacial score (nSPS) is 11.4. The Bertz CT molecular complexity index is 1020. The maximum absolute atomic E-state index is 12.2. The zero-order valence-electron chi connectivity index (χ0n) is 18.4. The molecule has 0 aliphatic carbocycles. The highest BCUT2D eigenvalue weighted by Gasteiger charge is 2.06. The molecule has 0 atom stereocenters. The molecule has 0 fully saturated rings. The molecule has 31 heavy (non-hydrogen) atoms. The van der Waals surface area contributed by atoms with Gasteiger partial charge in [-0.2, -0.15) is 0 Å². The number of carbonyl (C=O) groups excluding carboxylic acids is 1. The van der Waals surface area contributed by atoms with Gasteiger partial charge < -0.3 is 25.7 Å². The van der Waals surface area contributed by atoms with Crippen LogP contribution in [0.25, 0.3) is 10.9 Å². The number of methoxy groups -OCH3 is 1. The molecule has 2 aromatic carbocycles. The van der Waals surface area contributed by atoms with Crippen molar-refractivity contribution >= 4 is 22.8 Å². The number of nitrogens with one attached hydrogen (secondary N) is 4. The Morgan fingerprint density at radius 1 is 1.06 bits per heavy atom. The van der Waals surface area contributed by atoms with Crippen LogP contribution in [0.3, 0.4) is 0 Å². The highest BCUT2D eigenvalue weighted by molar-refractivity contribution is 5.94. The molecule has 0 saturated heterocycles. The van der Waals surface area contributed by atoms with Crippen molar-refractivity contribution in [2.75, 3.05) is 33.3 Å². The van der Waals surface area contributed by atoms with Crippen LogP contribution in [0.1, 0.15) is 28.4 Å². The first-order valence-electron chi connectivity index (χ1n) is 10.6. The first kappa shape index (κ1) is 22.2. The molecule has 7 nitrogen and oxygen atoms in total. The number of H-pyrrole nitrogens is 1. The molecule has 3 aromatic rings. The molecule has 0 saturated carbocycles. The van der Waals surface area contributed by atoms with Crippen LogP contribution >= 0.6 is 0 Å². The summed E-state index contributed by atoms with van der Waals surface area (Å²) >= 11 is 0. The van der Waals surface area contributed by atoms with E-state index < -0.39 is 0 Å². The molecule has 0 bridgehead atoms. The van der Waals surface area contributed by atoms with Crippen molar-refractivity contribution in [1.82, 2.24) is 20.9 Å². The molecule has 0 radical (unpaired) electrons. The molecule has 1 aromatic heterocycles. The molecular formula is C24H31N5O2. The number of aliphatic imine (C=N–C) groups is 1. The summed E-state index contributed by atoms with van der Waals surface area (Å²) in [4.78, 5) is 20.2. The van der Waals surface area contributed by atoms with Crippen LogP contribution in [-0.2, 0) is 6.42 Å². The SMILES string of the molecule is CCNC(=NCCc1c[nH]c2cc(C)ccc12)NCCNC(=O)c1ccc(OC)cc1. The fourth-order valence-corrected chi connectivity index (χ4v) is 3.34. The monoisotopic (exact) mass is 421 g/mol. The Balaban J connectivity index is 1.46. The number of amides is 1. The number of hydrogen-bond acceptors (Lipinski definition) is 3. The number of nitrogens with zero attached hydrogens (tertiary/aromatic N) is 1. The average molecular weight is 422 g/mol. The summed E-state index contributed by atoms with van der Waals surface area (Å²) in [6, 6.07) is 13.5. The minimum Gasteiger partial charge on any atom is -0.497 e. The van der Waals surface area contributed by atoms with E-state index in [0.29, 0.717) is 25.2 Å².